The number of phenols is 1. The highest BCUT2D eigenvalue weighted by atomic mass is 79.9. The molecular weight excluding hydrogens is 504 g/mol. The minimum Gasteiger partial charge on any atom is -0.504 e. The van der Waals surface area contributed by atoms with Crippen LogP contribution in [0.25, 0.3) is 11.0 Å². The Balaban J connectivity index is 1.62. The Kier molecular flexibility index (Phi) is 6.33. The van der Waals surface area contributed by atoms with Crippen molar-refractivity contribution in [3.63, 3.8) is 0 Å². The molecule has 3 heterocycles. The zero-order valence-electron chi connectivity index (χ0n) is 18.8. The SMILES string of the molecule is CCOc1cc(C2c3c(oc4ccc(Br)cc4c3=O)C(=O)N2CCN2CCOCC2)ccc1O. The number of morpholine rings is 1. The Bertz CT molecular complexity index is 1300. The highest BCUT2D eigenvalue weighted by Crippen LogP contribution is 2.40. The fourth-order valence-electron chi connectivity index (χ4n) is 4.62. The zero-order valence-corrected chi connectivity index (χ0v) is 20.3. The van der Waals surface area contributed by atoms with Crippen molar-refractivity contribution >= 4 is 32.8 Å². The number of halogens is 1. The fourth-order valence-corrected chi connectivity index (χ4v) is 4.98. The first-order valence-electron chi connectivity index (χ1n) is 11.3. The standard InChI is InChI=1S/C25H25BrN2O6/c1-2-33-20-13-15(3-5-18(20)29)22-21-23(30)17-14-16(26)4-6-19(17)34-24(21)25(31)28(22)8-7-27-9-11-32-12-10-27/h3-6,13-14,22,29H,2,7-12H2,1H3. The Morgan fingerprint density at radius 1 is 1.12 bits per heavy atom. The van der Waals surface area contributed by atoms with Gasteiger partial charge in [-0.3, -0.25) is 14.5 Å². The summed E-state index contributed by atoms with van der Waals surface area (Å²) < 4.78 is 17.8. The van der Waals surface area contributed by atoms with Gasteiger partial charge in [0.05, 0.1) is 36.8 Å². The number of amides is 1. The lowest BCUT2D eigenvalue weighted by Gasteiger charge is -2.31. The van der Waals surface area contributed by atoms with Gasteiger partial charge in [-0.05, 0) is 42.8 Å². The van der Waals surface area contributed by atoms with Crippen LogP contribution in [-0.4, -0.2) is 66.8 Å². The molecule has 2 aliphatic heterocycles. The summed E-state index contributed by atoms with van der Waals surface area (Å²) in [6.07, 6.45) is 0. The molecule has 3 aromatic rings. The minimum atomic E-state index is -0.650. The molecule has 1 amide bonds. The summed E-state index contributed by atoms with van der Waals surface area (Å²) in [7, 11) is 0. The molecule has 1 unspecified atom stereocenters. The summed E-state index contributed by atoms with van der Waals surface area (Å²) in [4.78, 5) is 31.1. The van der Waals surface area contributed by atoms with E-state index in [1.807, 2.05) is 6.92 Å². The molecule has 1 atom stereocenters. The van der Waals surface area contributed by atoms with E-state index in [1.54, 1.807) is 35.2 Å². The minimum absolute atomic E-state index is 0.00416. The third-order valence-corrected chi connectivity index (χ3v) is 6.78. The van der Waals surface area contributed by atoms with Gasteiger partial charge in [-0.2, -0.15) is 0 Å². The van der Waals surface area contributed by atoms with Crippen LogP contribution in [-0.2, 0) is 4.74 Å². The van der Waals surface area contributed by atoms with Crippen molar-refractivity contribution in [3.05, 3.63) is 68.0 Å². The quantitative estimate of drug-likeness (QED) is 0.523. The lowest BCUT2D eigenvalue weighted by Crippen LogP contribution is -2.42. The lowest BCUT2D eigenvalue weighted by molar-refractivity contribution is 0.0314. The summed E-state index contributed by atoms with van der Waals surface area (Å²) in [5, 5.41) is 10.6. The first kappa shape index (κ1) is 22.9. The predicted octanol–water partition coefficient (Wildman–Crippen LogP) is 3.54. The van der Waals surface area contributed by atoms with Gasteiger partial charge >= 0.3 is 0 Å². The summed E-state index contributed by atoms with van der Waals surface area (Å²) in [5.74, 6) is 0.0606. The first-order chi connectivity index (χ1) is 16.5. The molecule has 0 radical (unpaired) electrons. The number of carbonyl (C=O) groups is 1. The third kappa shape index (κ3) is 4.08. The number of ether oxygens (including phenoxy) is 2. The van der Waals surface area contributed by atoms with Crippen LogP contribution >= 0.6 is 15.9 Å². The summed E-state index contributed by atoms with van der Waals surface area (Å²) in [6.45, 7) is 6.17. The van der Waals surface area contributed by atoms with Crippen molar-refractivity contribution in [3.8, 4) is 11.5 Å². The summed E-state index contributed by atoms with van der Waals surface area (Å²) >= 11 is 3.42. The Labute approximate surface area is 204 Å². The zero-order chi connectivity index (χ0) is 23.8. The normalized spacial score (nSPS) is 18.5. The third-order valence-electron chi connectivity index (χ3n) is 6.29. The van der Waals surface area contributed by atoms with Crippen LogP contribution in [0.4, 0.5) is 0 Å². The van der Waals surface area contributed by atoms with Gasteiger partial charge in [0.15, 0.2) is 16.9 Å². The van der Waals surface area contributed by atoms with Crippen molar-refractivity contribution in [2.24, 2.45) is 0 Å². The second-order valence-corrected chi connectivity index (χ2v) is 9.25. The van der Waals surface area contributed by atoms with E-state index in [0.717, 1.165) is 17.6 Å². The van der Waals surface area contributed by atoms with Crippen molar-refractivity contribution in [1.29, 1.82) is 0 Å². The molecule has 5 rings (SSSR count). The average Bonchev–Trinajstić information content (AvgIpc) is 3.12. The topological polar surface area (TPSA) is 92.5 Å². The van der Waals surface area contributed by atoms with E-state index in [2.05, 4.69) is 20.8 Å². The molecule has 178 valence electrons. The molecule has 0 bridgehead atoms. The van der Waals surface area contributed by atoms with Crippen molar-refractivity contribution in [2.45, 2.75) is 13.0 Å². The first-order valence-corrected chi connectivity index (χ1v) is 12.1. The van der Waals surface area contributed by atoms with Crippen molar-refractivity contribution in [1.82, 2.24) is 9.80 Å². The molecule has 0 aliphatic carbocycles. The van der Waals surface area contributed by atoms with E-state index >= 15 is 0 Å². The molecule has 9 heteroatoms. The van der Waals surface area contributed by atoms with Gasteiger partial charge in [-0.15, -0.1) is 0 Å². The highest BCUT2D eigenvalue weighted by Gasteiger charge is 2.43. The maximum absolute atomic E-state index is 13.7. The van der Waals surface area contributed by atoms with E-state index in [-0.39, 0.29) is 22.8 Å². The summed E-state index contributed by atoms with van der Waals surface area (Å²) in [5.41, 5.74) is 1.12. The van der Waals surface area contributed by atoms with E-state index in [1.165, 1.54) is 6.07 Å². The number of aromatic hydroxyl groups is 1. The Hall–Kier alpha value is -2.88. The molecule has 34 heavy (non-hydrogen) atoms. The lowest BCUT2D eigenvalue weighted by atomic mass is 9.98. The van der Waals surface area contributed by atoms with E-state index in [0.29, 0.717) is 60.8 Å². The summed E-state index contributed by atoms with van der Waals surface area (Å²) in [6, 6.07) is 9.47. The van der Waals surface area contributed by atoms with Gasteiger partial charge in [0.25, 0.3) is 5.91 Å². The van der Waals surface area contributed by atoms with Crippen molar-refractivity contribution < 1.29 is 23.8 Å². The van der Waals surface area contributed by atoms with Crippen LogP contribution in [0.1, 0.15) is 34.6 Å². The number of rotatable bonds is 6. The molecule has 1 N–H and O–H groups in total. The van der Waals surface area contributed by atoms with Crippen LogP contribution in [0.3, 0.4) is 0 Å². The van der Waals surface area contributed by atoms with Crippen LogP contribution in [0, 0.1) is 0 Å². The monoisotopic (exact) mass is 528 g/mol. The Morgan fingerprint density at radius 2 is 1.91 bits per heavy atom. The second kappa shape index (κ2) is 9.40. The maximum atomic E-state index is 13.7. The largest absolute Gasteiger partial charge is 0.504 e. The molecule has 0 saturated carbocycles. The molecular formula is C25H25BrN2O6. The smallest absolute Gasteiger partial charge is 0.290 e. The highest BCUT2D eigenvalue weighted by molar-refractivity contribution is 9.10. The number of benzene rings is 2. The van der Waals surface area contributed by atoms with Crippen LogP contribution in [0.5, 0.6) is 11.5 Å². The van der Waals surface area contributed by atoms with E-state index < -0.39 is 6.04 Å². The van der Waals surface area contributed by atoms with Gasteiger partial charge in [-0.1, -0.05) is 22.0 Å². The number of nitrogens with zero attached hydrogens (tertiary/aromatic N) is 2. The van der Waals surface area contributed by atoms with Crippen LogP contribution < -0.4 is 10.2 Å². The molecule has 8 nitrogen and oxygen atoms in total. The van der Waals surface area contributed by atoms with Crippen LogP contribution in [0.2, 0.25) is 0 Å². The van der Waals surface area contributed by atoms with Gasteiger partial charge in [0.1, 0.15) is 5.58 Å². The van der Waals surface area contributed by atoms with Gasteiger partial charge in [-0.25, -0.2) is 0 Å². The van der Waals surface area contributed by atoms with E-state index in [9.17, 15) is 14.7 Å². The van der Waals surface area contributed by atoms with Gasteiger partial charge < -0.3 is 23.9 Å². The number of phenolic OH excluding ortho intramolecular Hbond substituents is 1. The molecule has 2 aliphatic rings. The number of hydrogen-bond donors (Lipinski definition) is 1. The van der Waals surface area contributed by atoms with Gasteiger partial charge in [0.2, 0.25) is 5.76 Å². The predicted molar refractivity (Wildman–Crippen MR) is 130 cm³/mol. The average molecular weight is 529 g/mol. The van der Waals surface area contributed by atoms with Crippen molar-refractivity contribution in [2.75, 3.05) is 46.0 Å². The number of hydrogen-bond acceptors (Lipinski definition) is 7. The van der Waals surface area contributed by atoms with Crippen LogP contribution in [0.15, 0.2) is 50.1 Å². The van der Waals surface area contributed by atoms with E-state index in [4.69, 9.17) is 13.9 Å². The maximum Gasteiger partial charge on any atom is 0.290 e. The second-order valence-electron chi connectivity index (χ2n) is 8.33. The number of fused-ring (bicyclic) bond motifs is 2. The molecule has 1 fully saturated rings. The molecule has 1 saturated heterocycles. The Morgan fingerprint density at radius 3 is 2.68 bits per heavy atom. The number of carbonyl (C=O) groups excluding carboxylic acids is 1. The fraction of sp³-hybridized carbons (Fsp3) is 0.360. The molecule has 2 aromatic carbocycles. The molecule has 0 spiro atoms. The van der Waals surface area contributed by atoms with Gasteiger partial charge in [0, 0.05) is 30.7 Å². The molecule has 1 aromatic heterocycles.